The Kier molecular flexibility index (Phi) is 3.94. The van der Waals surface area contributed by atoms with Crippen LogP contribution in [0.25, 0.3) is 0 Å². The summed E-state index contributed by atoms with van der Waals surface area (Å²) in [7, 11) is 0. The number of anilines is 2. The monoisotopic (exact) mass is 219 g/mol. The molecule has 0 aliphatic heterocycles. The highest BCUT2D eigenvalue weighted by Crippen LogP contribution is 2.19. The van der Waals surface area contributed by atoms with Crippen LogP contribution < -0.4 is 16.8 Å². The number of hydrogen-bond acceptors (Lipinski definition) is 3. The smallest absolute Gasteiger partial charge is 0.248 e. The van der Waals surface area contributed by atoms with Gasteiger partial charge in [-0.05, 0) is 32.0 Å². The molecule has 0 aliphatic carbocycles. The minimum atomic E-state index is -0.453. The molecule has 16 heavy (non-hydrogen) atoms. The van der Waals surface area contributed by atoms with E-state index in [2.05, 4.69) is 5.32 Å². The van der Waals surface area contributed by atoms with Gasteiger partial charge in [0.1, 0.15) is 0 Å². The summed E-state index contributed by atoms with van der Waals surface area (Å²) in [4.78, 5) is 11.0. The second kappa shape index (κ2) is 5.21. The minimum Gasteiger partial charge on any atom is -0.397 e. The van der Waals surface area contributed by atoms with Crippen molar-refractivity contribution < 1.29 is 4.79 Å². The number of benzene rings is 1. The lowest BCUT2D eigenvalue weighted by atomic mass is 10.1. The number of nitrogens with one attached hydrogen (secondary N) is 1. The van der Waals surface area contributed by atoms with Gasteiger partial charge in [0.05, 0.1) is 11.4 Å². The SMILES string of the molecule is CC(C)=CCNc1cc(C(N)=O)ccc1N. The van der Waals surface area contributed by atoms with E-state index in [1.807, 2.05) is 19.9 Å². The summed E-state index contributed by atoms with van der Waals surface area (Å²) in [5.41, 5.74) is 14.0. The number of primary amides is 1. The highest BCUT2D eigenvalue weighted by molar-refractivity contribution is 5.94. The van der Waals surface area contributed by atoms with Crippen molar-refractivity contribution in [3.05, 3.63) is 35.4 Å². The number of carbonyl (C=O) groups is 1. The molecule has 0 aliphatic rings. The van der Waals surface area contributed by atoms with Crippen molar-refractivity contribution in [3.8, 4) is 0 Å². The summed E-state index contributed by atoms with van der Waals surface area (Å²) in [5.74, 6) is -0.453. The van der Waals surface area contributed by atoms with Crippen molar-refractivity contribution in [1.82, 2.24) is 0 Å². The van der Waals surface area contributed by atoms with Gasteiger partial charge in [0.2, 0.25) is 5.91 Å². The van der Waals surface area contributed by atoms with E-state index in [-0.39, 0.29) is 0 Å². The van der Waals surface area contributed by atoms with Crippen molar-refractivity contribution in [2.75, 3.05) is 17.6 Å². The van der Waals surface area contributed by atoms with E-state index in [9.17, 15) is 4.79 Å². The van der Waals surface area contributed by atoms with Gasteiger partial charge in [0.25, 0.3) is 0 Å². The largest absolute Gasteiger partial charge is 0.397 e. The third-order valence-corrected chi connectivity index (χ3v) is 2.14. The third kappa shape index (κ3) is 3.31. The molecule has 0 atom stereocenters. The summed E-state index contributed by atoms with van der Waals surface area (Å²) < 4.78 is 0. The molecule has 0 aromatic heterocycles. The molecule has 4 heteroatoms. The molecule has 4 nitrogen and oxygen atoms in total. The van der Waals surface area contributed by atoms with Gasteiger partial charge in [-0.2, -0.15) is 0 Å². The second-order valence-electron chi connectivity index (χ2n) is 3.83. The van der Waals surface area contributed by atoms with Crippen molar-refractivity contribution >= 4 is 17.3 Å². The Labute approximate surface area is 95.3 Å². The van der Waals surface area contributed by atoms with E-state index in [4.69, 9.17) is 11.5 Å². The Balaban J connectivity index is 2.82. The van der Waals surface area contributed by atoms with Crippen LogP contribution in [0.15, 0.2) is 29.8 Å². The highest BCUT2D eigenvalue weighted by Gasteiger charge is 2.03. The molecule has 0 fully saturated rings. The first-order valence-electron chi connectivity index (χ1n) is 5.07. The lowest BCUT2D eigenvalue weighted by molar-refractivity contribution is 0.100. The minimum absolute atomic E-state index is 0.453. The van der Waals surface area contributed by atoms with Crippen molar-refractivity contribution in [1.29, 1.82) is 0 Å². The molecule has 0 unspecified atom stereocenters. The van der Waals surface area contributed by atoms with E-state index in [0.717, 1.165) is 5.69 Å². The first kappa shape index (κ1) is 12.1. The number of hydrogen-bond donors (Lipinski definition) is 3. The lowest BCUT2D eigenvalue weighted by Crippen LogP contribution is -2.12. The number of allylic oxidation sites excluding steroid dienone is 1. The maximum atomic E-state index is 11.0. The topological polar surface area (TPSA) is 81.1 Å². The zero-order chi connectivity index (χ0) is 12.1. The Morgan fingerprint density at radius 3 is 2.69 bits per heavy atom. The highest BCUT2D eigenvalue weighted by atomic mass is 16.1. The first-order valence-corrected chi connectivity index (χ1v) is 5.07. The molecule has 86 valence electrons. The van der Waals surface area contributed by atoms with Gasteiger partial charge in [0.15, 0.2) is 0 Å². The average molecular weight is 219 g/mol. The second-order valence-corrected chi connectivity index (χ2v) is 3.83. The van der Waals surface area contributed by atoms with Gasteiger partial charge in [-0.1, -0.05) is 11.6 Å². The Morgan fingerprint density at radius 2 is 2.12 bits per heavy atom. The standard InChI is InChI=1S/C12H17N3O/c1-8(2)5-6-15-11-7-9(12(14)16)3-4-10(11)13/h3-5,7,15H,6,13H2,1-2H3,(H2,14,16). The van der Waals surface area contributed by atoms with Crippen LogP contribution in [0.3, 0.4) is 0 Å². The average Bonchev–Trinajstić information content (AvgIpc) is 2.20. The normalized spacial score (nSPS) is 9.62. The van der Waals surface area contributed by atoms with Gasteiger partial charge < -0.3 is 16.8 Å². The molecule has 0 heterocycles. The van der Waals surface area contributed by atoms with Crippen LogP contribution in [0, 0.1) is 0 Å². The van der Waals surface area contributed by atoms with Crippen LogP contribution in [-0.2, 0) is 0 Å². The van der Waals surface area contributed by atoms with Crippen LogP contribution in [0.1, 0.15) is 24.2 Å². The van der Waals surface area contributed by atoms with Gasteiger partial charge >= 0.3 is 0 Å². The van der Waals surface area contributed by atoms with Gasteiger partial charge in [-0.15, -0.1) is 0 Å². The molecular weight excluding hydrogens is 202 g/mol. The first-order chi connectivity index (χ1) is 7.50. The predicted molar refractivity (Wildman–Crippen MR) is 67.3 cm³/mol. The van der Waals surface area contributed by atoms with Gasteiger partial charge in [-0.25, -0.2) is 0 Å². The van der Waals surface area contributed by atoms with Crippen LogP contribution in [0.4, 0.5) is 11.4 Å². The van der Waals surface area contributed by atoms with Crippen LogP contribution >= 0.6 is 0 Å². The van der Waals surface area contributed by atoms with Crippen LogP contribution in [-0.4, -0.2) is 12.5 Å². The molecule has 0 bridgehead atoms. The molecule has 1 aromatic carbocycles. The number of amides is 1. The van der Waals surface area contributed by atoms with Gasteiger partial charge in [0, 0.05) is 12.1 Å². The Bertz CT molecular complexity index is 420. The van der Waals surface area contributed by atoms with E-state index < -0.39 is 5.91 Å². The zero-order valence-corrected chi connectivity index (χ0v) is 9.58. The molecule has 5 N–H and O–H groups in total. The fourth-order valence-electron chi connectivity index (χ4n) is 1.23. The predicted octanol–water partition coefficient (Wildman–Crippen LogP) is 1.75. The summed E-state index contributed by atoms with van der Waals surface area (Å²) in [6, 6.07) is 4.95. The molecular formula is C12H17N3O. The molecule has 0 radical (unpaired) electrons. The fraction of sp³-hybridized carbons (Fsp3) is 0.250. The lowest BCUT2D eigenvalue weighted by Gasteiger charge is -2.08. The summed E-state index contributed by atoms with van der Waals surface area (Å²) >= 11 is 0. The quantitative estimate of drug-likeness (QED) is 0.533. The maximum absolute atomic E-state index is 11.0. The van der Waals surface area contributed by atoms with Crippen LogP contribution in [0.5, 0.6) is 0 Å². The number of rotatable bonds is 4. The number of nitrogens with two attached hydrogens (primary N) is 2. The molecule has 1 rings (SSSR count). The number of nitrogen functional groups attached to an aromatic ring is 1. The van der Waals surface area contributed by atoms with E-state index in [0.29, 0.717) is 17.8 Å². The summed E-state index contributed by atoms with van der Waals surface area (Å²) in [5, 5.41) is 3.13. The Hall–Kier alpha value is -1.97. The van der Waals surface area contributed by atoms with E-state index in [1.54, 1.807) is 18.2 Å². The van der Waals surface area contributed by atoms with Crippen molar-refractivity contribution in [2.24, 2.45) is 5.73 Å². The molecule has 0 spiro atoms. The zero-order valence-electron chi connectivity index (χ0n) is 9.58. The third-order valence-electron chi connectivity index (χ3n) is 2.14. The molecule has 1 aromatic rings. The molecule has 1 amide bonds. The van der Waals surface area contributed by atoms with E-state index >= 15 is 0 Å². The molecule has 0 saturated carbocycles. The number of carbonyl (C=O) groups excluding carboxylic acids is 1. The van der Waals surface area contributed by atoms with Gasteiger partial charge in [-0.3, -0.25) is 4.79 Å². The summed E-state index contributed by atoms with van der Waals surface area (Å²) in [6.45, 7) is 4.71. The summed E-state index contributed by atoms with van der Waals surface area (Å²) in [6.07, 6.45) is 2.04. The van der Waals surface area contributed by atoms with E-state index in [1.165, 1.54) is 5.57 Å². The maximum Gasteiger partial charge on any atom is 0.248 e. The Morgan fingerprint density at radius 1 is 1.44 bits per heavy atom. The van der Waals surface area contributed by atoms with Crippen molar-refractivity contribution in [3.63, 3.8) is 0 Å². The fourth-order valence-corrected chi connectivity index (χ4v) is 1.23. The van der Waals surface area contributed by atoms with Crippen LogP contribution in [0.2, 0.25) is 0 Å². The molecule has 0 saturated heterocycles. The van der Waals surface area contributed by atoms with Crippen molar-refractivity contribution in [2.45, 2.75) is 13.8 Å².